The third-order valence-electron chi connectivity index (χ3n) is 2.34. The van der Waals surface area contributed by atoms with Gasteiger partial charge in [-0.25, -0.2) is 0 Å². The fourth-order valence-electron chi connectivity index (χ4n) is 1.18. The summed E-state index contributed by atoms with van der Waals surface area (Å²) in [6.45, 7) is 1.77. The Morgan fingerprint density at radius 3 is 2.31 bits per heavy atom. The van der Waals surface area contributed by atoms with Crippen molar-refractivity contribution in [3.05, 3.63) is 35.9 Å². The van der Waals surface area contributed by atoms with Crippen molar-refractivity contribution in [3.63, 3.8) is 0 Å². The minimum absolute atomic E-state index is 0.374. The summed E-state index contributed by atoms with van der Waals surface area (Å²) < 4.78 is 0. The first-order valence-corrected chi connectivity index (χ1v) is 4.15. The fraction of sp³-hybridized carbons (Fsp3) is 0.300. The quantitative estimate of drug-likeness (QED) is 0.712. The van der Waals surface area contributed by atoms with Gasteiger partial charge in [0.15, 0.2) is 0 Å². The average Bonchev–Trinajstić information content (AvgIpc) is 2.17. The van der Waals surface area contributed by atoms with Gasteiger partial charge in [-0.2, -0.15) is 0 Å². The Hall–Kier alpha value is -1.35. The van der Waals surface area contributed by atoms with Gasteiger partial charge in [0.05, 0.1) is 0 Å². The second-order valence-electron chi connectivity index (χ2n) is 3.11. The van der Waals surface area contributed by atoms with Crippen molar-refractivity contribution in [2.45, 2.75) is 12.5 Å². The van der Waals surface area contributed by atoms with Crippen LogP contribution in [-0.4, -0.2) is 13.0 Å². The highest BCUT2D eigenvalue weighted by molar-refractivity contribution is 5.85. The van der Waals surface area contributed by atoms with Crippen LogP contribution in [0.1, 0.15) is 12.5 Å². The normalized spacial score (nSPS) is 14.9. The second kappa shape index (κ2) is 3.58. The molecule has 0 saturated heterocycles. The van der Waals surface area contributed by atoms with Crippen LogP contribution in [0, 0.1) is 0 Å². The third-order valence-corrected chi connectivity index (χ3v) is 2.34. The first kappa shape index (κ1) is 9.74. The van der Waals surface area contributed by atoms with Crippen LogP contribution in [0.15, 0.2) is 30.3 Å². The van der Waals surface area contributed by atoms with Gasteiger partial charge in [-0.05, 0) is 19.5 Å². The SMILES string of the molecule is CN[C@@](C)(C(N)=O)c1ccccc1. The number of primary amides is 1. The van der Waals surface area contributed by atoms with E-state index >= 15 is 0 Å². The van der Waals surface area contributed by atoms with Gasteiger partial charge in [0.2, 0.25) is 5.91 Å². The van der Waals surface area contributed by atoms with Crippen LogP contribution < -0.4 is 11.1 Å². The highest BCUT2D eigenvalue weighted by atomic mass is 16.1. The molecular formula is C10H14N2O. The van der Waals surface area contributed by atoms with Gasteiger partial charge in [0.25, 0.3) is 0 Å². The van der Waals surface area contributed by atoms with Gasteiger partial charge in [-0.1, -0.05) is 30.3 Å². The van der Waals surface area contributed by atoms with Gasteiger partial charge in [0.1, 0.15) is 5.54 Å². The molecule has 0 fully saturated rings. The number of rotatable bonds is 3. The Labute approximate surface area is 77.9 Å². The summed E-state index contributed by atoms with van der Waals surface area (Å²) in [5, 5.41) is 2.92. The van der Waals surface area contributed by atoms with Gasteiger partial charge < -0.3 is 11.1 Å². The van der Waals surface area contributed by atoms with Crippen LogP contribution in [0.3, 0.4) is 0 Å². The Kier molecular flexibility index (Phi) is 2.68. The van der Waals surface area contributed by atoms with E-state index in [0.29, 0.717) is 0 Å². The molecule has 1 amide bonds. The average molecular weight is 178 g/mol. The number of hydrogen-bond donors (Lipinski definition) is 2. The molecule has 0 aromatic heterocycles. The number of benzene rings is 1. The lowest BCUT2D eigenvalue weighted by Crippen LogP contribution is -2.48. The highest BCUT2D eigenvalue weighted by Crippen LogP contribution is 2.18. The first-order valence-electron chi connectivity index (χ1n) is 4.15. The van der Waals surface area contributed by atoms with E-state index in [4.69, 9.17) is 5.73 Å². The summed E-state index contributed by atoms with van der Waals surface area (Å²) in [4.78, 5) is 11.2. The van der Waals surface area contributed by atoms with E-state index in [-0.39, 0.29) is 5.91 Å². The molecule has 0 radical (unpaired) electrons. The molecule has 0 bridgehead atoms. The van der Waals surface area contributed by atoms with E-state index < -0.39 is 5.54 Å². The Morgan fingerprint density at radius 1 is 1.38 bits per heavy atom. The number of carbonyl (C=O) groups is 1. The maximum Gasteiger partial charge on any atom is 0.242 e. The predicted octanol–water partition coefficient (Wildman–Crippen LogP) is 0.606. The van der Waals surface area contributed by atoms with Crippen LogP contribution in [0.5, 0.6) is 0 Å². The lowest BCUT2D eigenvalue weighted by molar-refractivity contribution is -0.123. The molecule has 1 rings (SSSR count). The molecule has 0 saturated carbocycles. The van der Waals surface area contributed by atoms with E-state index in [0.717, 1.165) is 5.56 Å². The molecule has 3 heteroatoms. The number of hydrogen-bond acceptors (Lipinski definition) is 2. The minimum atomic E-state index is -0.777. The van der Waals surface area contributed by atoms with E-state index in [1.807, 2.05) is 30.3 Å². The molecule has 0 unspecified atom stereocenters. The van der Waals surface area contributed by atoms with Crippen molar-refractivity contribution in [1.82, 2.24) is 5.32 Å². The number of nitrogens with one attached hydrogen (secondary N) is 1. The minimum Gasteiger partial charge on any atom is -0.368 e. The summed E-state index contributed by atoms with van der Waals surface area (Å²) in [5.74, 6) is -0.374. The molecule has 0 spiro atoms. The zero-order valence-electron chi connectivity index (χ0n) is 7.87. The monoisotopic (exact) mass is 178 g/mol. The third kappa shape index (κ3) is 1.70. The summed E-state index contributed by atoms with van der Waals surface area (Å²) in [6.07, 6.45) is 0. The van der Waals surface area contributed by atoms with Crippen molar-refractivity contribution in [2.24, 2.45) is 5.73 Å². The number of amides is 1. The standard InChI is InChI=1S/C10H14N2O/c1-10(12-2,9(11)13)8-6-4-3-5-7-8/h3-7,12H,1-2H3,(H2,11,13)/t10-/m1/s1. The topological polar surface area (TPSA) is 55.1 Å². The second-order valence-corrected chi connectivity index (χ2v) is 3.11. The number of likely N-dealkylation sites (N-methyl/N-ethyl adjacent to an activating group) is 1. The van der Waals surface area contributed by atoms with Crippen molar-refractivity contribution < 1.29 is 4.79 Å². The molecule has 0 aliphatic rings. The molecule has 1 aromatic carbocycles. The Morgan fingerprint density at radius 2 is 1.92 bits per heavy atom. The van der Waals surface area contributed by atoms with E-state index in [9.17, 15) is 4.79 Å². The van der Waals surface area contributed by atoms with Gasteiger partial charge in [0, 0.05) is 0 Å². The fourth-order valence-corrected chi connectivity index (χ4v) is 1.18. The molecule has 0 aliphatic carbocycles. The van der Waals surface area contributed by atoms with Crippen LogP contribution in [0.2, 0.25) is 0 Å². The smallest absolute Gasteiger partial charge is 0.242 e. The molecule has 1 atom stereocenters. The van der Waals surface area contributed by atoms with Gasteiger partial charge in [-0.15, -0.1) is 0 Å². The van der Waals surface area contributed by atoms with Crippen molar-refractivity contribution in [1.29, 1.82) is 0 Å². The Bertz CT molecular complexity index is 297. The van der Waals surface area contributed by atoms with Crippen molar-refractivity contribution >= 4 is 5.91 Å². The number of nitrogens with two attached hydrogens (primary N) is 1. The van der Waals surface area contributed by atoms with Crippen molar-refractivity contribution in [3.8, 4) is 0 Å². The van der Waals surface area contributed by atoms with Crippen LogP contribution in [-0.2, 0) is 10.3 Å². The maximum absolute atomic E-state index is 11.2. The van der Waals surface area contributed by atoms with Crippen LogP contribution in [0.25, 0.3) is 0 Å². The van der Waals surface area contributed by atoms with E-state index in [1.165, 1.54) is 0 Å². The van der Waals surface area contributed by atoms with Crippen LogP contribution in [0.4, 0.5) is 0 Å². The lowest BCUT2D eigenvalue weighted by Gasteiger charge is -2.25. The van der Waals surface area contributed by atoms with Gasteiger partial charge >= 0.3 is 0 Å². The summed E-state index contributed by atoms with van der Waals surface area (Å²) in [5.41, 5.74) is 5.42. The van der Waals surface area contributed by atoms with Crippen molar-refractivity contribution in [2.75, 3.05) is 7.05 Å². The summed E-state index contributed by atoms with van der Waals surface area (Å²) in [7, 11) is 1.72. The van der Waals surface area contributed by atoms with E-state index in [2.05, 4.69) is 5.32 Å². The summed E-state index contributed by atoms with van der Waals surface area (Å²) >= 11 is 0. The molecule has 70 valence electrons. The Balaban J connectivity index is 3.11. The zero-order valence-corrected chi connectivity index (χ0v) is 7.87. The molecule has 1 aromatic rings. The van der Waals surface area contributed by atoms with Gasteiger partial charge in [-0.3, -0.25) is 4.79 Å². The highest BCUT2D eigenvalue weighted by Gasteiger charge is 2.30. The number of carbonyl (C=O) groups excluding carboxylic acids is 1. The predicted molar refractivity (Wildman–Crippen MR) is 52.0 cm³/mol. The molecule has 0 aliphatic heterocycles. The van der Waals surface area contributed by atoms with Crippen LogP contribution >= 0.6 is 0 Å². The molecule has 3 N–H and O–H groups in total. The molecule has 13 heavy (non-hydrogen) atoms. The molecular weight excluding hydrogens is 164 g/mol. The molecule has 0 heterocycles. The lowest BCUT2D eigenvalue weighted by atomic mass is 9.92. The zero-order chi connectivity index (χ0) is 9.90. The first-order chi connectivity index (χ1) is 6.11. The molecule has 3 nitrogen and oxygen atoms in total. The largest absolute Gasteiger partial charge is 0.368 e. The summed E-state index contributed by atoms with van der Waals surface area (Å²) in [6, 6.07) is 9.42. The van der Waals surface area contributed by atoms with E-state index in [1.54, 1.807) is 14.0 Å². The maximum atomic E-state index is 11.2.